The summed E-state index contributed by atoms with van der Waals surface area (Å²) in [7, 11) is 1.62. The standard InChI is InChI=1S/C23H22ClF5N6O/c1-13-7-22(25,26)12-35(17(13)8-31-19-10-30-18(9-32-19)23(27,28)29)21(36)20-16(11-34(2)33-20)14-3-5-15(24)6-4-14/h3-6,9-11,13,17H,7-8,12H2,1-2H3,(H,31,32)/t13-,17?/m1/s1. The van der Waals surface area contributed by atoms with Gasteiger partial charge in [0.1, 0.15) is 5.82 Å². The van der Waals surface area contributed by atoms with Gasteiger partial charge in [0.15, 0.2) is 11.4 Å². The van der Waals surface area contributed by atoms with Crippen molar-refractivity contribution in [1.82, 2.24) is 24.6 Å². The van der Waals surface area contributed by atoms with Gasteiger partial charge in [0.05, 0.1) is 25.0 Å². The highest BCUT2D eigenvalue weighted by atomic mass is 35.5. The van der Waals surface area contributed by atoms with E-state index in [1.165, 1.54) is 4.68 Å². The number of anilines is 1. The molecular weight excluding hydrogens is 507 g/mol. The molecule has 36 heavy (non-hydrogen) atoms. The molecule has 2 atom stereocenters. The molecule has 0 bridgehead atoms. The Morgan fingerprint density at radius 2 is 1.89 bits per heavy atom. The lowest BCUT2D eigenvalue weighted by Gasteiger charge is -2.43. The molecular formula is C23H22ClF5N6O. The van der Waals surface area contributed by atoms with Gasteiger partial charge < -0.3 is 10.2 Å². The fraction of sp³-hybridized carbons (Fsp3) is 0.391. The zero-order valence-corrected chi connectivity index (χ0v) is 20.0. The predicted molar refractivity (Wildman–Crippen MR) is 123 cm³/mol. The molecule has 1 aliphatic heterocycles. The Kier molecular flexibility index (Phi) is 6.91. The fourth-order valence-electron chi connectivity index (χ4n) is 4.28. The van der Waals surface area contributed by atoms with E-state index in [0.717, 1.165) is 11.1 Å². The number of piperidine rings is 1. The number of halogens is 6. The van der Waals surface area contributed by atoms with E-state index in [1.54, 1.807) is 44.4 Å². The van der Waals surface area contributed by atoms with E-state index in [1.807, 2.05) is 0 Å². The van der Waals surface area contributed by atoms with Crippen molar-refractivity contribution in [3.63, 3.8) is 0 Å². The molecule has 0 spiro atoms. The van der Waals surface area contributed by atoms with Gasteiger partial charge in [0.25, 0.3) is 11.8 Å². The Morgan fingerprint density at radius 1 is 1.19 bits per heavy atom. The Balaban J connectivity index is 1.60. The van der Waals surface area contributed by atoms with E-state index < -0.39 is 48.6 Å². The number of carbonyl (C=O) groups is 1. The Bertz CT molecular complexity index is 1230. The van der Waals surface area contributed by atoms with E-state index in [-0.39, 0.29) is 18.1 Å². The summed E-state index contributed by atoms with van der Waals surface area (Å²) in [5.74, 6) is -4.40. The number of aryl methyl sites for hydroxylation is 1. The third-order valence-electron chi connectivity index (χ3n) is 5.96. The van der Waals surface area contributed by atoms with Gasteiger partial charge in [0.2, 0.25) is 0 Å². The number of hydrogen-bond acceptors (Lipinski definition) is 5. The van der Waals surface area contributed by atoms with E-state index in [4.69, 9.17) is 11.6 Å². The van der Waals surface area contributed by atoms with Gasteiger partial charge in [0, 0.05) is 36.8 Å². The Labute approximate surface area is 208 Å². The van der Waals surface area contributed by atoms with Crippen LogP contribution in [0, 0.1) is 5.92 Å². The number of amides is 1. The van der Waals surface area contributed by atoms with Crippen molar-refractivity contribution in [2.75, 3.05) is 18.4 Å². The summed E-state index contributed by atoms with van der Waals surface area (Å²) in [5, 5.41) is 7.56. The molecule has 2 aromatic heterocycles. The first kappa shape index (κ1) is 25.8. The summed E-state index contributed by atoms with van der Waals surface area (Å²) in [5.41, 5.74) is -0.0483. The van der Waals surface area contributed by atoms with Gasteiger partial charge in [-0.2, -0.15) is 18.3 Å². The summed E-state index contributed by atoms with van der Waals surface area (Å²) < 4.78 is 68.8. The zero-order valence-electron chi connectivity index (χ0n) is 19.2. The van der Waals surface area contributed by atoms with Crippen molar-refractivity contribution in [1.29, 1.82) is 0 Å². The van der Waals surface area contributed by atoms with Crippen LogP contribution in [0.15, 0.2) is 42.9 Å². The summed E-state index contributed by atoms with van der Waals surface area (Å²) >= 11 is 5.96. The number of aromatic nitrogens is 4. The molecule has 1 aromatic carbocycles. The second-order valence-electron chi connectivity index (χ2n) is 8.78. The van der Waals surface area contributed by atoms with Crippen LogP contribution in [-0.2, 0) is 13.2 Å². The SMILES string of the molecule is C[C@@H]1CC(F)(F)CN(C(=O)c2nn(C)cc2-c2ccc(Cl)cc2)C1CNc1cnc(C(F)(F)F)cn1. The highest BCUT2D eigenvalue weighted by Crippen LogP contribution is 2.36. The molecule has 4 rings (SSSR count). The van der Waals surface area contributed by atoms with Gasteiger partial charge >= 0.3 is 6.18 Å². The number of alkyl halides is 5. The minimum absolute atomic E-state index is 0.00374. The molecule has 1 aliphatic rings. The van der Waals surface area contributed by atoms with Crippen molar-refractivity contribution in [3.05, 3.63) is 59.3 Å². The van der Waals surface area contributed by atoms with E-state index in [9.17, 15) is 26.7 Å². The number of nitrogens with one attached hydrogen (secondary N) is 1. The molecule has 1 N–H and O–H groups in total. The number of hydrogen-bond donors (Lipinski definition) is 1. The third kappa shape index (κ3) is 5.58. The number of rotatable bonds is 5. The second kappa shape index (κ2) is 9.64. The lowest BCUT2D eigenvalue weighted by Crippen LogP contribution is -2.57. The largest absolute Gasteiger partial charge is 0.434 e. The monoisotopic (exact) mass is 528 g/mol. The average Bonchev–Trinajstić information content (AvgIpc) is 3.19. The van der Waals surface area contributed by atoms with Crippen molar-refractivity contribution in [2.45, 2.75) is 31.5 Å². The van der Waals surface area contributed by atoms with E-state index in [2.05, 4.69) is 20.4 Å². The minimum atomic E-state index is -4.64. The van der Waals surface area contributed by atoms with Crippen LogP contribution in [0.1, 0.15) is 29.5 Å². The maximum Gasteiger partial charge on any atom is 0.434 e. The summed E-state index contributed by atoms with van der Waals surface area (Å²) in [4.78, 5) is 21.7. The molecule has 13 heteroatoms. The first-order valence-electron chi connectivity index (χ1n) is 11.0. The third-order valence-corrected chi connectivity index (χ3v) is 6.21. The first-order valence-corrected chi connectivity index (χ1v) is 11.3. The van der Waals surface area contributed by atoms with Gasteiger partial charge in [-0.25, -0.2) is 18.7 Å². The van der Waals surface area contributed by atoms with Crippen LogP contribution >= 0.6 is 11.6 Å². The smallest absolute Gasteiger partial charge is 0.367 e. The van der Waals surface area contributed by atoms with Crippen LogP contribution in [0.25, 0.3) is 11.1 Å². The Morgan fingerprint density at radius 3 is 2.50 bits per heavy atom. The van der Waals surface area contributed by atoms with Gasteiger partial charge in [-0.05, 0) is 23.6 Å². The molecule has 3 heterocycles. The van der Waals surface area contributed by atoms with Gasteiger partial charge in [-0.1, -0.05) is 30.7 Å². The lowest BCUT2D eigenvalue weighted by atomic mass is 9.88. The zero-order chi connectivity index (χ0) is 26.3. The molecule has 192 valence electrons. The number of benzene rings is 1. The van der Waals surface area contributed by atoms with Crippen LogP contribution in [0.4, 0.5) is 27.8 Å². The van der Waals surface area contributed by atoms with E-state index >= 15 is 0 Å². The molecule has 0 radical (unpaired) electrons. The number of carbonyl (C=O) groups excluding carboxylic acids is 1. The molecule has 3 aromatic rings. The highest BCUT2D eigenvalue weighted by molar-refractivity contribution is 6.30. The van der Waals surface area contributed by atoms with Crippen LogP contribution in [0.2, 0.25) is 5.02 Å². The first-order chi connectivity index (χ1) is 16.8. The minimum Gasteiger partial charge on any atom is -0.367 e. The van der Waals surface area contributed by atoms with Crippen LogP contribution in [-0.4, -0.2) is 55.6 Å². The molecule has 7 nitrogen and oxygen atoms in total. The summed E-state index contributed by atoms with van der Waals surface area (Å²) in [6.07, 6.45) is -1.98. The second-order valence-corrected chi connectivity index (χ2v) is 9.21. The average molecular weight is 529 g/mol. The topological polar surface area (TPSA) is 75.9 Å². The summed E-state index contributed by atoms with van der Waals surface area (Å²) in [6.45, 7) is 0.751. The van der Waals surface area contributed by atoms with E-state index in [0.29, 0.717) is 22.3 Å². The maximum atomic E-state index is 14.6. The van der Waals surface area contributed by atoms with Crippen LogP contribution in [0.5, 0.6) is 0 Å². The maximum absolute atomic E-state index is 14.6. The highest BCUT2D eigenvalue weighted by Gasteiger charge is 2.47. The van der Waals surface area contributed by atoms with Crippen molar-refractivity contribution in [2.24, 2.45) is 13.0 Å². The number of nitrogens with zero attached hydrogens (tertiary/aromatic N) is 5. The molecule has 0 aliphatic carbocycles. The molecule has 1 amide bonds. The quantitative estimate of drug-likeness (QED) is 0.464. The van der Waals surface area contributed by atoms with Crippen LogP contribution < -0.4 is 5.32 Å². The van der Waals surface area contributed by atoms with Crippen molar-refractivity contribution < 1.29 is 26.7 Å². The normalized spacial score (nSPS) is 19.8. The fourth-order valence-corrected chi connectivity index (χ4v) is 4.40. The molecule has 1 saturated heterocycles. The predicted octanol–water partition coefficient (Wildman–Crippen LogP) is 5.15. The van der Waals surface area contributed by atoms with Gasteiger partial charge in [-0.3, -0.25) is 9.48 Å². The number of likely N-dealkylation sites (tertiary alicyclic amines) is 1. The lowest BCUT2D eigenvalue weighted by molar-refractivity contribution is -0.141. The molecule has 1 unspecified atom stereocenters. The van der Waals surface area contributed by atoms with Gasteiger partial charge in [-0.15, -0.1) is 0 Å². The molecule has 1 fully saturated rings. The summed E-state index contributed by atoms with van der Waals surface area (Å²) in [6, 6.07) is 5.99. The van der Waals surface area contributed by atoms with Crippen molar-refractivity contribution >= 4 is 23.3 Å². The Hall–Kier alpha value is -3.28. The molecule has 0 saturated carbocycles. The van der Waals surface area contributed by atoms with Crippen LogP contribution in [0.3, 0.4) is 0 Å². The van der Waals surface area contributed by atoms with Crippen molar-refractivity contribution in [3.8, 4) is 11.1 Å².